The summed E-state index contributed by atoms with van der Waals surface area (Å²) >= 11 is 3.53. The van der Waals surface area contributed by atoms with E-state index in [4.69, 9.17) is 0 Å². The van der Waals surface area contributed by atoms with Crippen LogP contribution < -0.4 is 0 Å². The highest BCUT2D eigenvalue weighted by Crippen LogP contribution is 2.47. The number of aromatic nitrogens is 1. The molecule has 0 N–H and O–H groups in total. The van der Waals surface area contributed by atoms with Crippen LogP contribution >= 0.6 is 15.9 Å². The molecule has 0 saturated heterocycles. The van der Waals surface area contributed by atoms with Gasteiger partial charge in [0.2, 0.25) is 0 Å². The predicted octanol–water partition coefficient (Wildman–Crippen LogP) is 5.54. The molecule has 98 valence electrons. The number of hydrogen-bond acceptors (Lipinski definition) is 1. The van der Waals surface area contributed by atoms with Gasteiger partial charge in [-0.1, -0.05) is 52.3 Å². The maximum Gasteiger partial charge on any atom is 0.0716 e. The molecule has 2 aromatic carbocycles. The number of rotatable bonds is 2. The molecule has 0 aliphatic heterocycles. The van der Waals surface area contributed by atoms with Crippen LogP contribution in [0.1, 0.15) is 24.3 Å². The Hall–Kier alpha value is -1.67. The molecule has 1 fully saturated rings. The van der Waals surface area contributed by atoms with E-state index in [2.05, 4.69) is 69.4 Å². The van der Waals surface area contributed by atoms with Gasteiger partial charge in [-0.2, -0.15) is 0 Å². The molecular formula is C18H14BrN. The molecule has 20 heavy (non-hydrogen) atoms. The molecule has 0 amide bonds. The van der Waals surface area contributed by atoms with Gasteiger partial charge in [0.15, 0.2) is 0 Å². The first-order valence-electron chi connectivity index (χ1n) is 6.96. The molecule has 0 spiro atoms. The highest BCUT2D eigenvalue weighted by Gasteiger charge is 2.28. The number of nitrogens with zero attached hydrogens (tertiary/aromatic N) is 1. The Morgan fingerprint density at radius 2 is 1.80 bits per heavy atom. The van der Waals surface area contributed by atoms with E-state index in [9.17, 15) is 0 Å². The maximum atomic E-state index is 4.66. The number of hydrogen-bond donors (Lipinski definition) is 0. The fraction of sp³-hybridized carbons (Fsp3) is 0.167. The molecule has 0 radical (unpaired) electrons. The summed E-state index contributed by atoms with van der Waals surface area (Å²) in [5, 5.41) is 1.30. The van der Waals surface area contributed by atoms with E-state index in [1.807, 2.05) is 6.20 Å². The molecule has 4 rings (SSSR count). The lowest BCUT2D eigenvalue weighted by atomic mass is 9.95. The number of fused-ring (bicyclic) bond motifs is 1. The van der Waals surface area contributed by atoms with Crippen molar-refractivity contribution in [1.29, 1.82) is 0 Å². The van der Waals surface area contributed by atoms with Crippen molar-refractivity contribution in [2.75, 3.05) is 0 Å². The van der Waals surface area contributed by atoms with E-state index in [0.717, 1.165) is 9.99 Å². The maximum absolute atomic E-state index is 4.66. The first kappa shape index (κ1) is 12.1. The van der Waals surface area contributed by atoms with Gasteiger partial charge in [0, 0.05) is 21.6 Å². The molecular weight excluding hydrogens is 310 g/mol. The highest BCUT2D eigenvalue weighted by atomic mass is 79.9. The van der Waals surface area contributed by atoms with E-state index in [1.54, 1.807) is 0 Å². The van der Waals surface area contributed by atoms with Crippen molar-refractivity contribution in [2.45, 2.75) is 18.8 Å². The number of pyridine rings is 1. The van der Waals surface area contributed by atoms with Crippen molar-refractivity contribution >= 4 is 26.8 Å². The Bertz CT molecular complexity index is 776. The summed E-state index contributed by atoms with van der Waals surface area (Å²) in [6.45, 7) is 0. The summed E-state index contributed by atoms with van der Waals surface area (Å²) < 4.78 is 1.09. The minimum Gasteiger partial charge on any atom is -0.256 e. The molecule has 1 heterocycles. The first-order chi connectivity index (χ1) is 9.83. The van der Waals surface area contributed by atoms with Crippen LogP contribution in [-0.2, 0) is 0 Å². The van der Waals surface area contributed by atoms with Crippen LogP contribution in [0.3, 0.4) is 0 Å². The second-order valence-electron chi connectivity index (χ2n) is 5.39. The smallest absolute Gasteiger partial charge is 0.0716 e. The molecule has 1 aromatic heterocycles. The third-order valence-corrected chi connectivity index (χ3v) is 4.44. The quantitative estimate of drug-likeness (QED) is 0.603. The first-order valence-corrected chi connectivity index (χ1v) is 7.76. The summed E-state index contributed by atoms with van der Waals surface area (Å²) in [6.07, 6.45) is 4.64. The van der Waals surface area contributed by atoms with Crippen molar-refractivity contribution in [1.82, 2.24) is 4.98 Å². The van der Waals surface area contributed by atoms with Crippen LogP contribution in [0.5, 0.6) is 0 Å². The summed E-state index contributed by atoms with van der Waals surface area (Å²) in [5.74, 6) is 0.705. The SMILES string of the molecule is Brc1ccc2c(C3CC3)c(-c3ccccc3)cnc2c1. The third kappa shape index (κ3) is 2.04. The van der Waals surface area contributed by atoms with Gasteiger partial charge in [-0.3, -0.25) is 4.98 Å². The van der Waals surface area contributed by atoms with E-state index < -0.39 is 0 Å². The molecule has 2 heteroatoms. The van der Waals surface area contributed by atoms with Crippen molar-refractivity contribution < 1.29 is 0 Å². The molecule has 3 aromatic rings. The van der Waals surface area contributed by atoms with Crippen molar-refractivity contribution in [3.8, 4) is 11.1 Å². The lowest BCUT2D eigenvalue weighted by molar-refractivity contribution is 1.14. The molecule has 0 bridgehead atoms. The van der Waals surface area contributed by atoms with Crippen LogP contribution in [0.25, 0.3) is 22.0 Å². The molecule has 0 unspecified atom stereocenters. The average Bonchev–Trinajstić information content (AvgIpc) is 3.31. The second kappa shape index (κ2) is 4.71. The fourth-order valence-corrected chi connectivity index (χ4v) is 3.20. The highest BCUT2D eigenvalue weighted by molar-refractivity contribution is 9.10. The van der Waals surface area contributed by atoms with E-state index in [1.165, 1.54) is 34.9 Å². The summed E-state index contributed by atoms with van der Waals surface area (Å²) in [7, 11) is 0. The second-order valence-corrected chi connectivity index (χ2v) is 6.30. The van der Waals surface area contributed by atoms with Gasteiger partial charge in [0.25, 0.3) is 0 Å². The van der Waals surface area contributed by atoms with E-state index >= 15 is 0 Å². The fourth-order valence-electron chi connectivity index (χ4n) is 2.85. The van der Waals surface area contributed by atoms with E-state index in [0.29, 0.717) is 5.92 Å². The minimum atomic E-state index is 0.705. The summed E-state index contributed by atoms with van der Waals surface area (Å²) in [5.41, 5.74) is 5.13. The Morgan fingerprint density at radius 1 is 1.00 bits per heavy atom. The Labute approximate surface area is 126 Å². The molecule has 1 saturated carbocycles. The summed E-state index contributed by atoms with van der Waals surface area (Å²) in [6, 6.07) is 17.0. The topological polar surface area (TPSA) is 12.9 Å². The lowest BCUT2D eigenvalue weighted by Crippen LogP contribution is -1.92. The van der Waals surface area contributed by atoms with Crippen LogP contribution in [0, 0.1) is 0 Å². The zero-order valence-electron chi connectivity index (χ0n) is 11.0. The van der Waals surface area contributed by atoms with Gasteiger partial charge >= 0.3 is 0 Å². The van der Waals surface area contributed by atoms with Gasteiger partial charge in [-0.15, -0.1) is 0 Å². The van der Waals surface area contributed by atoms with Crippen LogP contribution in [0.2, 0.25) is 0 Å². The number of benzene rings is 2. The standard InChI is InChI=1S/C18H14BrN/c19-14-8-9-15-17(10-14)20-11-16(18(15)13-6-7-13)12-4-2-1-3-5-12/h1-5,8-11,13H,6-7H2. The number of halogens is 1. The van der Waals surface area contributed by atoms with Gasteiger partial charge in [0.05, 0.1) is 5.52 Å². The molecule has 1 nitrogen and oxygen atoms in total. The molecule has 1 aliphatic carbocycles. The molecule has 0 atom stereocenters. The minimum absolute atomic E-state index is 0.705. The average molecular weight is 324 g/mol. The van der Waals surface area contributed by atoms with Crippen molar-refractivity contribution in [3.05, 3.63) is 64.8 Å². The van der Waals surface area contributed by atoms with Gasteiger partial charge < -0.3 is 0 Å². The van der Waals surface area contributed by atoms with Gasteiger partial charge in [-0.25, -0.2) is 0 Å². The van der Waals surface area contributed by atoms with Crippen LogP contribution in [0.4, 0.5) is 0 Å². The Morgan fingerprint density at radius 3 is 2.55 bits per heavy atom. The zero-order chi connectivity index (χ0) is 13.5. The summed E-state index contributed by atoms with van der Waals surface area (Å²) in [4.78, 5) is 4.66. The Balaban J connectivity index is 2.02. The monoisotopic (exact) mass is 323 g/mol. The largest absolute Gasteiger partial charge is 0.256 e. The van der Waals surface area contributed by atoms with Gasteiger partial charge in [0.1, 0.15) is 0 Å². The van der Waals surface area contributed by atoms with Crippen LogP contribution in [0.15, 0.2) is 59.2 Å². The van der Waals surface area contributed by atoms with Crippen LogP contribution in [-0.4, -0.2) is 4.98 Å². The molecule has 1 aliphatic rings. The third-order valence-electron chi connectivity index (χ3n) is 3.94. The zero-order valence-corrected chi connectivity index (χ0v) is 12.6. The van der Waals surface area contributed by atoms with Crippen molar-refractivity contribution in [3.63, 3.8) is 0 Å². The lowest BCUT2D eigenvalue weighted by Gasteiger charge is -2.12. The Kier molecular flexibility index (Phi) is 2.85. The van der Waals surface area contributed by atoms with Gasteiger partial charge in [-0.05, 0) is 42.0 Å². The normalized spacial score (nSPS) is 14.7. The van der Waals surface area contributed by atoms with E-state index in [-0.39, 0.29) is 0 Å². The van der Waals surface area contributed by atoms with Crippen molar-refractivity contribution in [2.24, 2.45) is 0 Å². The predicted molar refractivity (Wildman–Crippen MR) is 86.9 cm³/mol.